The summed E-state index contributed by atoms with van der Waals surface area (Å²) < 4.78 is 51.1. The lowest BCUT2D eigenvalue weighted by Crippen LogP contribution is -2.16. The van der Waals surface area contributed by atoms with Crippen LogP contribution in [-0.4, -0.2) is 20.1 Å². The van der Waals surface area contributed by atoms with Gasteiger partial charge in [-0.3, -0.25) is 0 Å². The van der Waals surface area contributed by atoms with Crippen molar-refractivity contribution >= 4 is 10.0 Å². The van der Waals surface area contributed by atoms with E-state index in [1.165, 1.54) is 18.2 Å². The monoisotopic (exact) mass is 367 g/mol. The Bertz CT molecular complexity index is 899. The number of hydrogen-bond acceptors (Lipinski definition) is 3. The topological polar surface area (TPSA) is 80.4 Å². The van der Waals surface area contributed by atoms with Crippen LogP contribution in [0.2, 0.25) is 0 Å². The highest BCUT2D eigenvalue weighted by Crippen LogP contribution is 2.41. The lowest BCUT2D eigenvalue weighted by Gasteiger charge is -2.17. The molecule has 0 amide bonds. The largest absolute Gasteiger partial charge is 0.396 e. The summed E-state index contributed by atoms with van der Waals surface area (Å²) in [4.78, 5) is 0.0161. The third-order valence-corrected chi connectivity index (χ3v) is 5.78. The molecule has 0 unspecified atom stereocenters. The summed E-state index contributed by atoms with van der Waals surface area (Å²) in [5.41, 5.74) is 1.19. The average Bonchev–Trinajstić information content (AvgIpc) is 3.02. The fraction of sp³-hybridized carbons (Fsp3) is 0.333. The number of aliphatic hydroxyl groups excluding tert-OH is 1. The van der Waals surface area contributed by atoms with E-state index in [-0.39, 0.29) is 28.9 Å². The first-order valence-electron chi connectivity index (χ1n) is 8.02. The number of hydrogen-bond donors (Lipinski definition) is 2. The van der Waals surface area contributed by atoms with E-state index >= 15 is 0 Å². The molecule has 3 rings (SSSR count). The Morgan fingerprint density at radius 1 is 1.12 bits per heavy atom. The lowest BCUT2D eigenvalue weighted by atomic mass is 9.93. The minimum absolute atomic E-state index is 0.0161. The molecule has 2 aromatic carbocycles. The van der Waals surface area contributed by atoms with Gasteiger partial charge in [0.1, 0.15) is 11.6 Å². The fourth-order valence-corrected chi connectivity index (χ4v) is 4.35. The van der Waals surface area contributed by atoms with E-state index in [1.807, 2.05) is 0 Å². The molecule has 0 radical (unpaired) electrons. The Morgan fingerprint density at radius 3 is 2.48 bits per heavy atom. The van der Waals surface area contributed by atoms with Crippen molar-refractivity contribution in [3.05, 3.63) is 53.6 Å². The van der Waals surface area contributed by atoms with Gasteiger partial charge in [0.25, 0.3) is 0 Å². The molecule has 0 saturated heterocycles. The molecule has 7 heteroatoms. The number of primary sulfonamides is 1. The van der Waals surface area contributed by atoms with Crippen LogP contribution in [0.5, 0.6) is 0 Å². The predicted octanol–water partition coefficient (Wildman–Crippen LogP) is 3.16. The molecule has 1 aliphatic rings. The van der Waals surface area contributed by atoms with Crippen molar-refractivity contribution in [1.29, 1.82) is 0 Å². The Morgan fingerprint density at radius 2 is 1.88 bits per heavy atom. The van der Waals surface area contributed by atoms with Crippen molar-refractivity contribution in [1.82, 2.24) is 0 Å². The highest BCUT2D eigenvalue weighted by Gasteiger charge is 2.29. The number of nitrogens with two attached hydrogens (primary N) is 1. The molecule has 0 bridgehead atoms. The fourth-order valence-electron chi connectivity index (χ4n) is 3.54. The zero-order valence-electron chi connectivity index (χ0n) is 13.5. The van der Waals surface area contributed by atoms with Gasteiger partial charge in [0.05, 0.1) is 4.90 Å². The first-order chi connectivity index (χ1) is 11.8. The summed E-state index contributed by atoms with van der Waals surface area (Å²) in [7, 11) is -3.93. The molecule has 1 fully saturated rings. The van der Waals surface area contributed by atoms with Gasteiger partial charge in [0.15, 0.2) is 0 Å². The number of aliphatic hydroxyl groups is 1. The summed E-state index contributed by atoms with van der Waals surface area (Å²) in [5, 5.41) is 14.7. The Hall–Kier alpha value is -1.83. The summed E-state index contributed by atoms with van der Waals surface area (Å²) in [6.45, 7) is 0.0491. The maximum absolute atomic E-state index is 14.1. The van der Waals surface area contributed by atoms with Crippen LogP contribution in [0.25, 0.3) is 11.1 Å². The van der Waals surface area contributed by atoms with E-state index in [1.54, 1.807) is 6.07 Å². The number of benzene rings is 2. The second kappa shape index (κ2) is 6.82. The van der Waals surface area contributed by atoms with Gasteiger partial charge in [0.2, 0.25) is 10.0 Å². The quantitative estimate of drug-likeness (QED) is 0.871. The van der Waals surface area contributed by atoms with Crippen molar-refractivity contribution in [2.45, 2.75) is 30.1 Å². The molecule has 3 N–H and O–H groups in total. The van der Waals surface area contributed by atoms with Crippen LogP contribution in [0.1, 0.15) is 30.7 Å². The van der Waals surface area contributed by atoms with Crippen LogP contribution in [0.4, 0.5) is 8.78 Å². The number of sulfonamides is 1. The molecular formula is C18H19F2NO3S. The second-order valence-corrected chi connectivity index (χ2v) is 8.01. The standard InChI is InChI=1S/C18H19F2NO3S/c19-14-4-5-15(17(20)9-14)13-3-6-18(25(21,23)24)16(8-13)12-2-1-11(7-12)10-22/h3-6,8-9,11-12,22H,1-2,7,10H2,(H2,21,23,24)/t11-,12+/m1/s1. The van der Waals surface area contributed by atoms with E-state index in [0.29, 0.717) is 17.5 Å². The summed E-state index contributed by atoms with van der Waals surface area (Å²) in [5.74, 6) is -1.35. The van der Waals surface area contributed by atoms with Crippen molar-refractivity contribution < 1.29 is 22.3 Å². The van der Waals surface area contributed by atoms with Gasteiger partial charge in [-0.05, 0) is 66.5 Å². The molecule has 0 heterocycles. The summed E-state index contributed by atoms with van der Waals surface area (Å²) in [6, 6.07) is 7.72. The third-order valence-electron chi connectivity index (χ3n) is 4.80. The van der Waals surface area contributed by atoms with Gasteiger partial charge in [-0.15, -0.1) is 0 Å². The molecule has 0 aliphatic heterocycles. The van der Waals surface area contributed by atoms with Crippen molar-refractivity contribution in [3.63, 3.8) is 0 Å². The van der Waals surface area contributed by atoms with Crippen LogP contribution in [-0.2, 0) is 10.0 Å². The van der Waals surface area contributed by atoms with Crippen LogP contribution < -0.4 is 5.14 Å². The van der Waals surface area contributed by atoms with Crippen LogP contribution >= 0.6 is 0 Å². The van der Waals surface area contributed by atoms with E-state index < -0.39 is 21.7 Å². The first kappa shape index (κ1) is 18.0. The number of halogens is 2. The maximum Gasteiger partial charge on any atom is 0.238 e. The second-order valence-electron chi connectivity index (χ2n) is 6.48. The van der Waals surface area contributed by atoms with Gasteiger partial charge >= 0.3 is 0 Å². The molecule has 2 atom stereocenters. The van der Waals surface area contributed by atoms with Crippen LogP contribution in [0.15, 0.2) is 41.3 Å². The van der Waals surface area contributed by atoms with E-state index in [4.69, 9.17) is 5.14 Å². The van der Waals surface area contributed by atoms with Crippen molar-refractivity contribution in [2.75, 3.05) is 6.61 Å². The number of rotatable bonds is 4. The third kappa shape index (κ3) is 3.73. The Labute approximate surface area is 145 Å². The lowest BCUT2D eigenvalue weighted by molar-refractivity contribution is 0.228. The minimum atomic E-state index is -3.93. The molecule has 1 aliphatic carbocycles. The van der Waals surface area contributed by atoms with E-state index in [2.05, 4.69) is 0 Å². The molecule has 0 aromatic heterocycles. The molecular weight excluding hydrogens is 348 g/mol. The maximum atomic E-state index is 14.1. The van der Waals surface area contributed by atoms with Gasteiger partial charge < -0.3 is 5.11 Å². The van der Waals surface area contributed by atoms with Crippen LogP contribution in [0, 0.1) is 17.6 Å². The van der Waals surface area contributed by atoms with Crippen molar-refractivity contribution in [3.8, 4) is 11.1 Å². The van der Waals surface area contributed by atoms with Crippen molar-refractivity contribution in [2.24, 2.45) is 11.1 Å². The molecule has 1 saturated carbocycles. The smallest absolute Gasteiger partial charge is 0.238 e. The highest BCUT2D eigenvalue weighted by molar-refractivity contribution is 7.89. The van der Waals surface area contributed by atoms with E-state index in [0.717, 1.165) is 25.0 Å². The summed E-state index contributed by atoms with van der Waals surface area (Å²) >= 11 is 0. The van der Waals surface area contributed by atoms with Crippen LogP contribution in [0.3, 0.4) is 0 Å². The minimum Gasteiger partial charge on any atom is -0.396 e. The first-order valence-corrected chi connectivity index (χ1v) is 9.57. The molecule has 0 spiro atoms. The van der Waals surface area contributed by atoms with E-state index in [9.17, 15) is 22.3 Å². The van der Waals surface area contributed by atoms with Gasteiger partial charge in [-0.25, -0.2) is 22.3 Å². The Balaban J connectivity index is 2.10. The summed E-state index contributed by atoms with van der Waals surface area (Å²) in [6.07, 6.45) is 2.16. The SMILES string of the molecule is NS(=O)(=O)c1ccc(-c2ccc(F)cc2F)cc1[C@H]1CC[C@@H](CO)C1. The average molecular weight is 367 g/mol. The predicted molar refractivity (Wildman–Crippen MR) is 90.3 cm³/mol. The zero-order chi connectivity index (χ0) is 18.2. The molecule has 2 aromatic rings. The highest BCUT2D eigenvalue weighted by atomic mass is 32.2. The zero-order valence-corrected chi connectivity index (χ0v) is 14.3. The van der Waals surface area contributed by atoms with Gasteiger partial charge in [0, 0.05) is 18.2 Å². The molecule has 134 valence electrons. The normalized spacial score (nSPS) is 20.8. The van der Waals surface area contributed by atoms with Gasteiger partial charge in [-0.1, -0.05) is 6.07 Å². The molecule has 4 nitrogen and oxygen atoms in total. The molecule has 25 heavy (non-hydrogen) atoms. The van der Waals surface area contributed by atoms with Gasteiger partial charge in [-0.2, -0.15) is 0 Å². The Kier molecular flexibility index (Phi) is 4.90.